The fourth-order valence-electron chi connectivity index (χ4n) is 2.04. The zero-order valence-electron chi connectivity index (χ0n) is 11.9. The summed E-state index contributed by atoms with van der Waals surface area (Å²) in [7, 11) is -3.78. The molecule has 0 aromatic heterocycles. The van der Waals surface area contributed by atoms with Gasteiger partial charge < -0.3 is 5.73 Å². The van der Waals surface area contributed by atoms with Gasteiger partial charge in [0.05, 0.1) is 4.90 Å². The van der Waals surface area contributed by atoms with Crippen molar-refractivity contribution >= 4 is 15.9 Å². The van der Waals surface area contributed by atoms with E-state index in [9.17, 15) is 13.2 Å². The molecule has 112 valence electrons. The highest BCUT2D eigenvalue weighted by Gasteiger charge is 2.20. The summed E-state index contributed by atoms with van der Waals surface area (Å²) in [6, 6.07) is 7.84. The number of rotatable bonds is 7. The molecule has 0 radical (unpaired) electrons. The van der Waals surface area contributed by atoms with Crippen LogP contribution in [0.2, 0.25) is 0 Å². The van der Waals surface area contributed by atoms with Crippen LogP contribution in [0.25, 0.3) is 0 Å². The van der Waals surface area contributed by atoms with Crippen molar-refractivity contribution < 1.29 is 13.2 Å². The Morgan fingerprint density at radius 1 is 1.25 bits per heavy atom. The lowest BCUT2D eigenvalue weighted by atomic mass is 9.94. The molecule has 0 aliphatic carbocycles. The number of amides is 1. The van der Waals surface area contributed by atoms with E-state index in [1.165, 1.54) is 12.1 Å². The van der Waals surface area contributed by atoms with E-state index in [1.54, 1.807) is 18.2 Å². The van der Waals surface area contributed by atoms with Gasteiger partial charge in [0.2, 0.25) is 5.91 Å². The second-order valence-corrected chi connectivity index (χ2v) is 6.96. The molecule has 0 spiro atoms. The van der Waals surface area contributed by atoms with Crippen molar-refractivity contribution in [3.63, 3.8) is 0 Å². The average Bonchev–Trinajstić information content (AvgIpc) is 2.37. The molecular formula is C14H22N2O3S. The van der Waals surface area contributed by atoms with E-state index < -0.39 is 15.9 Å². The Bertz CT molecular complexity index is 527. The molecule has 1 amide bonds. The minimum atomic E-state index is -3.78. The smallest absolute Gasteiger partial charge is 0.264 e. The molecule has 0 saturated heterocycles. The van der Waals surface area contributed by atoms with Crippen molar-refractivity contribution in [3.05, 3.63) is 30.3 Å². The van der Waals surface area contributed by atoms with Crippen LogP contribution in [-0.2, 0) is 14.8 Å². The summed E-state index contributed by atoms with van der Waals surface area (Å²) in [6.07, 6.45) is 0.927. The zero-order chi connectivity index (χ0) is 15.2. The highest BCUT2D eigenvalue weighted by atomic mass is 32.2. The Morgan fingerprint density at radius 2 is 1.85 bits per heavy atom. The lowest BCUT2D eigenvalue weighted by molar-refractivity contribution is -0.120. The summed E-state index contributed by atoms with van der Waals surface area (Å²) < 4.78 is 26.0. The Morgan fingerprint density at radius 3 is 2.35 bits per heavy atom. The third-order valence-electron chi connectivity index (χ3n) is 2.91. The van der Waals surface area contributed by atoms with Crippen molar-refractivity contribution in [3.8, 4) is 0 Å². The van der Waals surface area contributed by atoms with Crippen LogP contribution in [0.4, 0.5) is 0 Å². The van der Waals surface area contributed by atoms with Crippen molar-refractivity contribution in [2.75, 3.05) is 6.54 Å². The van der Waals surface area contributed by atoms with Crippen LogP contribution in [0.5, 0.6) is 0 Å². The van der Waals surface area contributed by atoms with Gasteiger partial charge in [0.15, 0.2) is 0 Å². The topological polar surface area (TPSA) is 89.3 Å². The third-order valence-corrected chi connectivity index (χ3v) is 4.30. The van der Waals surface area contributed by atoms with Crippen molar-refractivity contribution in [1.29, 1.82) is 0 Å². The first-order valence-electron chi connectivity index (χ1n) is 6.66. The van der Waals surface area contributed by atoms with Crippen LogP contribution in [0, 0.1) is 11.8 Å². The Hall–Kier alpha value is -1.40. The van der Waals surface area contributed by atoms with Crippen LogP contribution in [0.15, 0.2) is 35.2 Å². The van der Waals surface area contributed by atoms with E-state index in [0.29, 0.717) is 12.5 Å². The summed E-state index contributed by atoms with van der Waals surface area (Å²) in [4.78, 5) is 11.9. The van der Waals surface area contributed by atoms with Crippen LogP contribution in [0.3, 0.4) is 0 Å². The molecule has 0 aliphatic rings. The molecule has 0 saturated carbocycles. The summed E-state index contributed by atoms with van der Waals surface area (Å²) in [5, 5.41) is 0. The molecule has 0 fully saturated rings. The lowest BCUT2D eigenvalue weighted by Gasteiger charge is -2.16. The first-order valence-corrected chi connectivity index (χ1v) is 8.14. The molecule has 1 aromatic carbocycles. The largest absolute Gasteiger partial charge is 0.330 e. The normalized spacial score (nSPS) is 13.2. The highest BCUT2D eigenvalue weighted by molar-refractivity contribution is 7.90. The molecule has 1 rings (SSSR count). The maximum Gasteiger partial charge on any atom is 0.264 e. The molecule has 0 heterocycles. The first kappa shape index (κ1) is 16.7. The Balaban J connectivity index is 2.66. The van der Waals surface area contributed by atoms with Gasteiger partial charge in [-0.1, -0.05) is 32.0 Å². The third kappa shape index (κ3) is 5.30. The van der Waals surface area contributed by atoms with Crippen molar-refractivity contribution in [2.24, 2.45) is 17.6 Å². The summed E-state index contributed by atoms with van der Waals surface area (Å²) in [5.41, 5.74) is 5.61. The minimum Gasteiger partial charge on any atom is -0.330 e. The van der Waals surface area contributed by atoms with Gasteiger partial charge in [0, 0.05) is 6.42 Å². The van der Waals surface area contributed by atoms with Crippen molar-refractivity contribution in [2.45, 2.75) is 31.6 Å². The maximum absolute atomic E-state index is 12.0. The molecule has 5 nitrogen and oxygen atoms in total. The summed E-state index contributed by atoms with van der Waals surface area (Å²) >= 11 is 0. The van der Waals surface area contributed by atoms with Gasteiger partial charge in [-0.05, 0) is 36.9 Å². The number of nitrogens with two attached hydrogens (primary N) is 1. The predicted octanol–water partition coefficient (Wildman–Crippen LogP) is 1.50. The Labute approximate surface area is 120 Å². The van der Waals surface area contributed by atoms with Gasteiger partial charge in [-0.2, -0.15) is 0 Å². The molecular weight excluding hydrogens is 276 g/mol. The van der Waals surface area contributed by atoms with Gasteiger partial charge in [0.25, 0.3) is 10.0 Å². The molecule has 0 unspecified atom stereocenters. The number of hydrogen-bond acceptors (Lipinski definition) is 4. The fourth-order valence-corrected chi connectivity index (χ4v) is 3.06. The van der Waals surface area contributed by atoms with Gasteiger partial charge in [-0.15, -0.1) is 0 Å². The van der Waals surface area contributed by atoms with Crippen LogP contribution >= 0.6 is 0 Å². The van der Waals surface area contributed by atoms with Crippen molar-refractivity contribution in [1.82, 2.24) is 4.72 Å². The van der Waals surface area contributed by atoms with Crippen LogP contribution in [-0.4, -0.2) is 20.9 Å². The standard InChI is InChI=1S/C14H22N2O3S/c1-11(2)8-12(10-15)9-14(17)16-20(18,19)13-6-4-3-5-7-13/h3-7,11-12H,8-10,15H2,1-2H3,(H,16,17)/t12-/m0/s1. The molecule has 6 heteroatoms. The predicted molar refractivity (Wildman–Crippen MR) is 78.4 cm³/mol. The molecule has 20 heavy (non-hydrogen) atoms. The molecule has 1 atom stereocenters. The zero-order valence-corrected chi connectivity index (χ0v) is 12.7. The van der Waals surface area contributed by atoms with Crippen LogP contribution < -0.4 is 10.5 Å². The minimum absolute atomic E-state index is 0.000901. The van der Waals surface area contributed by atoms with E-state index in [2.05, 4.69) is 4.72 Å². The first-order chi connectivity index (χ1) is 9.35. The molecule has 0 aliphatic heterocycles. The monoisotopic (exact) mass is 298 g/mol. The molecule has 0 bridgehead atoms. The Kier molecular flexibility index (Phi) is 6.16. The van der Waals surface area contributed by atoms with E-state index >= 15 is 0 Å². The SMILES string of the molecule is CC(C)C[C@H](CN)CC(=O)NS(=O)(=O)c1ccccc1. The number of hydrogen-bond donors (Lipinski definition) is 2. The van der Waals surface area contributed by atoms with Gasteiger partial charge in [-0.25, -0.2) is 13.1 Å². The van der Waals surface area contributed by atoms with Gasteiger partial charge in [-0.3, -0.25) is 4.79 Å². The molecule has 1 aromatic rings. The highest BCUT2D eigenvalue weighted by Crippen LogP contribution is 2.15. The van der Waals surface area contributed by atoms with Gasteiger partial charge in [0.1, 0.15) is 0 Å². The van der Waals surface area contributed by atoms with Gasteiger partial charge >= 0.3 is 0 Å². The second kappa shape index (κ2) is 7.40. The lowest BCUT2D eigenvalue weighted by Crippen LogP contribution is -2.33. The van der Waals surface area contributed by atoms with E-state index in [4.69, 9.17) is 5.73 Å². The van der Waals surface area contributed by atoms with E-state index in [-0.39, 0.29) is 17.2 Å². The fraction of sp³-hybridized carbons (Fsp3) is 0.500. The number of nitrogens with one attached hydrogen (secondary N) is 1. The summed E-state index contributed by atoms with van der Waals surface area (Å²) in [6.45, 7) is 4.46. The maximum atomic E-state index is 12.0. The molecule has 3 N–H and O–H groups in total. The number of carbonyl (C=O) groups is 1. The van der Waals surface area contributed by atoms with E-state index in [0.717, 1.165) is 6.42 Å². The second-order valence-electron chi connectivity index (χ2n) is 5.28. The van der Waals surface area contributed by atoms with Crippen LogP contribution in [0.1, 0.15) is 26.7 Å². The number of sulfonamides is 1. The quantitative estimate of drug-likeness (QED) is 0.798. The summed E-state index contributed by atoms with van der Waals surface area (Å²) in [5.74, 6) is -0.0898. The van der Waals surface area contributed by atoms with E-state index in [1.807, 2.05) is 13.8 Å². The number of benzene rings is 1. The average molecular weight is 298 g/mol. The number of carbonyl (C=O) groups excluding carboxylic acids is 1.